The van der Waals surface area contributed by atoms with Crippen LogP contribution >= 0.6 is 27.3 Å². The molecule has 0 aromatic carbocycles. The summed E-state index contributed by atoms with van der Waals surface area (Å²) in [6.45, 7) is 4.39. The van der Waals surface area contributed by atoms with Crippen molar-refractivity contribution in [1.82, 2.24) is 10.3 Å². The summed E-state index contributed by atoms with van der Waals surface area (Å²) in [5.41, 5.74) is 2.95. The number of hydrogen-bond acceptors (Lipinski definition) is 4. The van der Waals surface area contributed by atoms with E-state index in [4.69, 9.17) is 5.84 Å². The molecule has 0 saturated heterocycles. The van der Waals surface area contributed by atoms with Crippen molar-refractivity contribution in [3.8, 4) is 0 Å². The summed E-state index contributed by atoms with van der Waals surface area (Å²) in [5, 5.41) is 0. The van der Waals surface area contributed by atoms with Crippen molar-refractivity contribution in [3.05, 3.63) is 20.8 Å². The van der Waals surface area contributed by atoms with Crippen LogP contribution in [0.2, 0.25) is 0 Å². The fourth-order valence-corrected chi connectivity index (χ4v) is 3.02. The Balaban J connectivity index is 2.76. The second-order valence-electron chi connectivity index (χ2n) is 4.68. The van der Waals surface area contributed by atoms with Gasteiger partial charge in [-0.2, -0.15) is 0 Å². The van der Waals surface area contributed by atoms with Crippen LogP contribution in [-0.4, -0.2) is 30.6 Å². The lowest BCUT2D eigenvalue weighted by atomic mass is 9.91. The number of halogens is 1. The monoisotopic (exact) mass is 305 g/mol. The minimum atomic E-state index is 0.0191. The van der Waals surface area contributed by atoms with Crippen molar-refractivity contribution < 1.29 is 0 Å². The molecule has 1 atom stereocenters. The topological polar surface area (TPSA) is 41.3 Å². The molecule has 0 amide bonds. The molecule has 0 aliphatic rings. The highest BCUT2D eigenvalue weighted by Gasteiger charge is 2.31. The Labute approximate surface area is 110 Å². The molecule has 3 N–H and O–H groups in total. The van der Waals surface area contributed by atoms with Crippen LogP contribution in [0.4, 0.5) is 0 Å². The van der Waals surface area contributed by atoms with Crippen molar-refractivity contribution in [2.24, 2.45) is 5.84 Å². The normalized spacial score (nSPS) is 14.4. The Bertz CT molecular complexity index is 336. The van der Waals surface area contributed by atoms with E-state index in [1.54, 1.807) is 11.3 Å². The maximum atomic E-state index is 5.67. The van der Waals surface area contributed by atoms with Gasteiger partial charge in [-0.3, -0.25) is 11.3 Å². The Morgan fingerprint density at radius 1 is 1.50 bits per heavy atom. The molecule has 5 heteroatoms. The molecule has 0 spiro atoms. The van der Waals surface area contributed by atoms with E-state index >= 15 is 0 Å². The van der Waals surface area contributed by atoms with Crippen LogP contribution in [0.15, 0.2) is 15.9 Å². The lowest BCUT2D eigenvalue weighted by Crippen LogP contribution is -2.58. The molecule has 1 unspecified atom stereocenters. The maximum Gasteiger partial charge on any atom is 0.0701 e. The van der Waals surface area contributed by atoms with Crippen molar-refractivity contribution in [2.75, 3.05) is 14.1 Å². The van der Waals surface area contributed by atoms with E-state index in [0.29, 0.717) is 0 Å². The predicted molar refractivity (Wildman–Crippen MR) is 74.6 cm³/mol. The van der Waals surface area contributed by atoms with Gasteiger partial charge in [0, 0.05) is 22.9 Å². The van der Waals surface area contributed by atoms with Gasteiger partial charge in [-0.1, -0.05) is 0 Å². The summed E-state index contributed by atoms with van der Waals surface area (Å²) in [5.74, 6) is 5.67. The highest BCUT2D eigenvalue weighted by Crippen LogP contribution is 2.26. The van der Waals surface area contributed by atoms with Gasteiger partial charge in [-0.05, 0) is 56.0 Å². The number of likely N-dealkylation sites (N-methyl/N-ethyl adjacent to an activating group) is 1. The van der Waals surface area contributed by atoms with Crippen LogP contribution in [0.1, 0.15) is 18.7 Å². The highest BCUT2D eigenvalue weighted by atomic mass is 79.9. The molecule has 0 bridgehead atoms. The second-order valence-corrected chi connectivity index (χ2v) is 7.22. The van der Waals surface area contributed by atoms with Gasteiger partial charge in [0.1, 0.15) is 0 Å². The van der Waals surface area contributed by atoms with E-state index in [2.05, 4.69) is 66.3 Å². The van der Waals surface area contributed by atoms with Gasteiger partial charge in [0.15, 0.2) is 0 Å². The summed E-state index contributed by atoms with van der Waals surface area (Å²) >= 11 is 5.24. The lowest BCUT2D eigenvalue weighted by Gasteiger charge is -2.39. The lowest BCUT2D eigenvalue weighted by molar-refractivity contribution is 0.138. The minimum absolute atomic E-state index is 0.0191. The van der Waals surface area contributed by atoms with Crippen LogP contribution in [-0.2, 0) is 6.42 Å². The quantitative estimate of drug-likeness (QED) is 0.647. The first kappa shape index (κ1) is 14.1. The summed E-state index contributed by atoms with van der Waals surface area (Å²) in [7, 11) is 4.16. The van der Waals surface area contributed by atoms with Gasteiger partial charge in [0.05, 0.1) is 3.79 Å². The summed E-state index contributed by atoms with van der Waals surface area (Å²) < 4.78 is 1.17. The van der Waals surface area contributed by atoms with Gasteiger partial charge in [-0.15, -0.1) is 11.3 Å². The Hall–Kier alpha value is 0.0600. The fraction of sp³-hybridized carbons (Fsp3) is 0.636. The van der Waals surface area contributed by atoms with Gasteiger partial charge in [0.2, 0.25) is 0 Å². The van der Waals surface area contributed by atoms with Crippen LogP contribution in [0.25, 0.3) is 0 Å². The number of nitrogens with one attached hydrogen (secondary N) is 1. The zero-order valence-corrected chi connectivity index (χ0v) is 12.7. The number of nitrogens with zero attached hydrogens (tertiary/aromatic N) is 1. The molecule has 1 heterocycles. The summed E-state index contributed by atoms with van der Waals surface area (Å²) in [6, 6.07) is 4.45. The van der Waals surface area contributed by atoms with E-state index in [0.717, 1.165) is 6.42 Å². The van der Waals surface area contributed by atoms with Crippen molar-refractivity contribution in [1.29, 1.82) is 0 Å². The third-order valence-corrected chi connectivity index (χ3v) is 4.89. The zero-order valence-electron chi connectivity index (χ0n) is 10.2. The van der Waals surface area contributed by atoms with Gasteiger partial charge in [0.25, 0.3) is 0 Å². The average Bonchev–Trinajstić information content (AvgIpc) is 2.60. The molecule has 1 rings (SSSR count). The van der Waals surface area contributed by atoms with Crippen molar-refractivity contribution in [3.63, 3.8) is 0 Å². The van der Waals surface area contributed by atoms with Gasteiger partial charge >= 0.3 is 0 Å². The van der Waals surface area contributed by atoms with Crippen molar-refractivity contribution >= 4 is 27.3 Å². The molecule has 0 radical (unpaired) electrons. The number of hydrogen-bond donors (Lipinski definition) is 2. The fourth-order valence-electron chi connectivity index (χ4n) is 1.49. The molecular weight excluding hydrogens is 286 g/mol. The molecule has 16 heavy (non-hydrogen) atoms. The minimum Gasteiger partial charge on any atom is -0.303 e. The number of nitrogens with two attached hydrogens (primary N) is 1. The standard InChI is InChI=1S/C11H20BrN3S/c1-11(2,15(3)4)9(14-13)7-8-5-6-10(12)16-8/h5-6,9,14H,7,13H2,1-4H3. The largest absolute Gasteiger partial charge is 0.303 e. The van der Waals surface area contributed by atoms with E-state index in [1.165, 1.54) is 8.66 Å². The third-order valence-electron chi connectivity index (χ3n) is 3.24. The maximum absolute atomic E-state index is 5.67. The second kappa shape index (κ2) is 5.60. The van der Waals surface area contributed by atoms with Crippen LogP contribution in [0, 0.1) is 0 Å². The smallest absolute Gasteiger partial charge is 0.0701 e. The molecule has 0 fully saturated rings. The molecule has 0 aliphatic heterocycles. The summed E-state index contributed by atoms with van der Waals surface area (Å²) in [6.07, 6.45) is 0.942. The number of hydrazine groups is 1. The van der Waals surface area contributed by atoms with E-state index in [9.17, 15) is 0 Å². The Morgan fingerprint density at radius 2 is 2.12 bits per heavy atom. The molecular formula is C11H20BrN3S. The van der Waals surface area contributed by atoms with E-state index < -0.39 is 0 Å². The van der Waals surface area contributed by atoms with Crippen molar-refractivity contribution in [2.45, 2.75) is 31.8 Å². The average molecular weight is 306 g/mol. The van der Waals surface area contributed by atoms with Gasteiger partial charge in [-0.25, -0.2) is 0 Å². The molecule has 3 nitrogen and oxygen atoms in total. The first-order valence-corrected chi connectivity index (χ1v) is 6.86. The molecule has 1 aromatic heterocycles. The molecule has 1 aromatic rings. The van der Waals surface area contributed by atoms with E-state index in [-0.39, 0.29) is 11.6 Å². The number of thiophene rings is 1. The van der Waals surface area contributed by atoms with Crippen LogP contribution in [0.3, 0.4) is 0 Å². The van der Waals surface area contributed by atoms with E-state index in [1.807, 2.05) is 0 Å². The Morgan fingerprint density at radius 3 is 2.50 bits per heavy atom. The molecule has 0 saturated carbocycles. The predicted octanol–water partition coefficient (Wildman–Crippen LogP) is 2.23. The SMILES string of the molecule is CN(C)C(C)(C)C(Cc1ccc(Br)s1)NN. The first-order valence-electron chi connectivity index (χ1n) is 5.25. The Kier molecular flexibility index (Phi) is 4.94. The molecule has 92 valence electrons. The summed E-state index contributed by atoms with van der Waals surface area (Å²) in [4.78, 5) is 3.53. The first-order chi connectivity index (χ1) is 7.37. The zero-order chi connectivity index (χ0) is 12.3. The van der Waals surface area contributed by atoms with Crippen LogP contribution < -0.4 is 11.3 Å². The highest BCUT2D eigenvalue weighted by molar-refractivity contribution is 9.11. The third kappa shape index (κ3) is 3.28. The number of rotatable bonds is 5. The molecule has 0 aliphatic carbocycles. The van der Waals surface area contributed by atoms with Gasteiger partial charge < -0.3 is 4.90 Å². The van der Waals surface area contributed by atoms with Crippen LogP contribution in [0.5, 0.6) is 0 Å².